The zero-order valence-electron chi connectivity index (χ0n) is 14.4. The standard InChI is InChI=1S/C18H17F2N5OS/c1-11(17(26)22-15-4-2-3-14(20)10-15)27-18-24-23-16(25(18)21)9-12-5-7-13(19)8-6-12/h2-8,10-11H,9,21H2,1H3,(H,22,26)/t11-/m0/s1. The molecule has 9 heteroatoms. The van der Waals surface area contributed by atoms with E-state index < -0.39 is 11.1 Å². The fourth-order valence-electron chi connectivity index (χ4n) is 2.31. The summed E-state index contributed by atoms with van der Waals surface area (Å²) in [7, 11) is 0. The van der Waals surface area contributed by atoms with Crippen LogP contribution >= 0.6 is 11.8 Å². The second-order valence-corrected chi connectivity index (χ2v) is 7.14. The number of aromatic nitrogens is 3. The van der Waals surface area contributed by atoms with Gasteiger partial charge in [0.05, 0.1) is 5.25 Å². The molecule has 0 bridgehead atoms. The Morgan fingerprint density at radius 3 is 2.63 bits per heavy atom. The van der Waals surface area contributed by atoms with E-state index in [1.165, 1.54) is 35.0 Å². The van der Waals surface area contributed by atoms with Gasteiger partial charge in [0.2, 0.25) is 11.1 Å². The van der Waals surface area contributed by atoms with Crippen molar-refractivity contribution < 1.29 is 13.6 Å². The number of nitrogen functional groups attached to an aromatic ring is 1. The van der Waals surface area contributed by atoms with Gasteiger partial charge in [-0.25, -0.2) is 13.5 Å². The first kappa shape index (κ1) is 18.8. The number of thioether (sulfide) groups is 1. The Morgan fingerprint density at radius 2 is 1.93 bits per heavy atom. The van der Waals surface area contributed by atoms with Crippen LogP contribution in [0.5, 0.6) is 0 Å². The molecule has 3 aromatic rings. The number of hydrogen-bond acceptors (Lipinski definition) is 5. The molecule has 3 rings (SSSR count). The molecule has 3 N–H and O–H groups in total. The lowest BCUT2D eigenvalue weighted by molar-refractivity contribution is -0.115. The van der Waals surface area contributed by atoms with Gasteiger partial charge in [0.1, 0.15) is 11.6 Å². The maximum Gasteiger partial charge on any atom is 0.237 e. The number of benzene rings is 2. The predicted molar refractivity (Wildman–Crippen MR) is 99.7 cm³/mol. The van der Waals surface area contributed by atoms with Crippen molar-refractivity contribution in [3.05, 3.63) is 71.6 Å². The number of halogens is 2. The Morgan fingerprint density at radius 1 is 1.19 bits per heavy atom. The Bertz CT molecular complexity index is 945. The molecule has 27 heavy (non-hydrogen) atoms. The summed E-state index contributed by atoms with van der Waals surface area (Å²) < 4.78 is 27.5. The molecule has 6 nitrogen and oxygen atoms in total. The van der Waals surface area contributed by atoms with Gasteiger partial charge < -0.3 is 11.2 Å². The van der Waals surface area contributed by atoms with Crippen molar-refractivity contribution in [2.75, 3.05) is 11.2 Å². The maximum absolute atomic E-state index is 13.2. The van der Waals surface area contributed by atoms with Crippen LogP contribution in [0.4, 0.5) is 14.5 Å². The highest BCUT2D eigenvalue weighted by atomic mass is 32.2. The second-order valence-electron chi connectivity index (χ2n) is 5.83. The van der Waals surface area contributed by atoms with E-state index in [2.05, 4.69) is 15.5 Å². The minimum absolute atomic E-state index is 0.311. The van der Waals surface area contributed by atoms with Crippen LogP contribution in [0.3, 0.4) is 0 Å². The molecule has 1 aromatic heterocycles. The van der Waals surface area contributed by atoms with Gasteiger partial charge in [-0.15, -0.1) is 10.2 Å². The van der Waals surface area contributed by atoms with Gasteiger partial charge in [-0.3, -0.25) is 4.79 Å². The molecule has 1 amide bonds. The Balaban J connectivity index is 1.64. The normalized spacial score (nSPS) is 12.0. The van der Waals surface area contributed by atoms with Crippen LogP contribution in [-0.4, -0.2) is 26.0 Å². The smallest absolute Gasteiger partial charge is 0.237 e. The number of anilines is 1. The number of hydrogen-bond donors (Lipinski definition) is 2. The fourth-order valence-corrected chi connectivity index (χ4v) is 3.10. The van der Waals surface area contributed by atoms with E-state index in [9.17, 15) is 13.6 Å². The van der Waals surface area contributed by atoms with E-state index in [-0.39, 0.29) is 11.7 Å². The summed E-state index contributed by atoms with van der Waals surface area (Å²) in [6.45, 7) is 1.69. The second kappa shape index (κ2) is 8.17. The van der Waals surface area contributed by atoms with Gasteiger partial charge in [-0.2, -0.15) is 0 Å². The number of nitrogens with one attached hydrogen (secondary N) is 1. The highest BCUT2D eigenvalue weighted by Crippen LogP contribution is 2.23. The lowest BCUT2D eigenvalue weighted by Gasteiger charge is -2.11. The zero-order valence-corrected chi connectivity index (χ0v) is 15.2. The Labute approximate surface area is 158 Å². The molecule has 0 spiro atoms. The predicted octanol–water partition coefficient (Wildman–Crippen LogP) is 2.98. The van der Waals surface area contributed by atoms with Crippen LogP contribution in [-0.2, 0) is 11.2 Å². The van der Waals surface area contributed by atoms with Crippen molar-refractivity contribution in [1.29, 1.82) is 0 Å². The van der Waals surface area contributed by atoms with Crippen molar-refractivity contribution >= 4 is 23.4 Å². The number of nitrogens with two attached hydrogens (primary N) is 1. The summed E-state index contributed by atoms with van der Waals surface area (Å²) in [5.74, 6) is 5.45. The quantitative estimate of drug-likeness (QED) is 0.500. The average molecular weight is 389 g/mol. The molecule has 0 unspecified atom stereocenters. The highest BCUT2D eigenvalue weighted by molar-refractivity contribution is 8.00. The molecule has 1 atom stereocenters. The van der Waals surface area contributed by atoms with Crippen LogP contribution in [0.25, 0.3) is 0 Å². The lowest BCUT2D eigenvalue weighted by Crippen LogP contribution is -2.24. The van der Waals surface area contributed by atoms with E-state index in [0.717, 1.165) is 17.3 Å². The molecular formula is C18H17F2N5OS. The minimum Gasteiger partial charge on any atom is -0.336 e. The number of amides is 1. The van der Waals surface area contributed by atoms with Crippen molar-refractivity contribution in [2.24, 2.45) is 0 Å². The molecule has 140 valence electrons. The third-order valence-corrected chi connectivity index (χ3v) is 4.81. The molecular weight excluding hydrogens is 372 g/mol. The van der Waals surface area contributed by atoms with Gasteiger partial charge in [0, 0.05) is 12.1 Å². The highest BCUT2D eigenvalue weighted by Gasteiger charge is 2.19. The van der Waals surface area contributed by atoms with Gasteiger partial charge in [0.25, 0.3) is 0 Å². The first-order chi connectivity index (χ1) is 12.9. The Kier molecular flexibility index (Phi) is 5.70. The number of nitrogens with zero attached hydrogens (tertiary/aromatic N) is 3. The molecule has 2 aromatic carbocycles. The lowest BCUT2D eigenvalue weighted by atomic mass is 10.1. The van der Waals surface area contributed by atoms with Gasteiger partial charge >= 0.3 is 0 Å². The van der Waals surface area contributed by atoms with Crippen molar-refractivity contribution in [3.63, 3.8) is 0 Å². The monoisotopic (exact) mass is 389 g/mol. The van der Waals surface area contributed by atoms with Crippen LogP contribution < -0.4 is 11.2 Å². The van der Waals surface area contributed by atoms with Crippen LogP contribution in [0.2, 0.25) is 0 Å². The summed E-state index contributed by atoms with van der Waals surface area (Å²) >= 11 is 1.13. The Hall–Kier alpha value is -2.94. The van der Waals surface area contributed by atoms with Gasteiger partial charge in [-0.1, -0.05) is 30.0 Å². The SMILES string of the molecule is C[C@H](Sc1nnc(Cc2ccc(F)cc2)n1N)C(=O)Nc1cccc(F)c1. The molecule has 0 fully saturated rings. The van der Waals surface area contributed by atoms with Crippen LogP contribution in [0.15, 0.2) is 53.7 Å². The average Bonchev–Trinajstić information content (AvgIpc) is 2.97. The molecule has 1 heterocycles. The molecule has 0 aliphatic carbocycles. The third-order valence-electron chi connectivity index (χ3n) is 3.75. The van der Waals surface area contributed by atoms with E-state index >= 15 is 0 Å². The van der Waals surface area contributed by atoms with Crippen LogP contribution in [0.1, 0.15) is 18.3 Å². The number of rotatable bonds is 6. The summed E-state index contributed by atoms with van der Waals surface area (Å²) in [5.41, 5.74) is 1.21. The summed E-state index contributed by atoms with van der Waals surface area (Å²) in [6.07, 6.45) is 0.383. The number of carbonyl (C=O) groups excluding carboxylic acids is 1. The topological polar surface area (TPSA) is 85.8 Å². The van der Waals surface area contributed by atoms with E-state index in [4.69, 9.17) is 5.84 Å². The summed E-state index contributed by atoms with van der Waals surface area (Å²) in [6, 6.07) is 11.7. The summed E-state index contributed by atoms with van der Waals surface area (Å²) in [5, 5.41) is 10.5. The van der Waals surface area contributed by atoms with Gasteiger partial charge in [0.15, 0.2) is 5.82 Å². The van der Waals surface area contributed by atoms with E-state index in [1.54, 1.807) is 25.1 Å². The third kappa shape index (κ3) is 4.82. The van der Waals surface area contributed by atoms with Crippen molar-refractivity contribution in [3.8, 4) is 0 Å². The fraction of sp³-hybridized carbons (Fsp3) is 0.167. The molecule has 0 aliphatic heterocycles. The van der Waals surface area contributed by atoms with Crippen LogP contribution in [0, 0.1) is 11.6 Å². The summed E-state index contributed by atoms with van der Waals surface area (Å²) in [4.78, 5) is 12.3. The largest absolute Gasteiger partial charge is 0.336 e. The maximum atomic E-state index is 13.2. The minimum atomic E-state index is -0.529. The first-order valence-corrected chi connectivity index (χ1v) is 8.97. The van der Waals surface area contributed by atoms with E-state index in [1.807, 2.05) is 0 Å². The molecule has 0 saturated carbocycles. The van der Waals surface area contributed by atoms with Crippen molar-refractivity contribution in [1.82, 2.24) is 14.9 Å². The zero-order chi connectivity index (χ0) is 19.4. The molecule has 0 aliphatic rings. The first-order valence-electron chi connectivity index (χ1n) is 8.09. The van der Waals surface area contributed by atoms with E-state index in [0.29, 0.717) is 23.1 Å². The molecule has 0 saturated heterocycles. The molecule has 0 radical (unpaired) electrons. The number of carbonyl (C=O) groups is 1. The van der Waals surface area contributed by atoms with Crippen molar-refractivity contribution in [2.45, 2.75) is 23.8 Å². The van der Waals surface area contributed by atoms with Gasteiger partial charge in [-0.05, 0) is 42.8 Å².